The highest BCUT2D eigenvalue weighted by Gasteiger charge is 2.14. The Morgan fingerprint density at radius 3 is 2.92 bits per heavy atom. The predicted octanol–water partition coefficient (Wildman–Crippen LogP) is 3.40. The second-order valence-corrected chi connectivity index (χ2v) is 5.50. The molecule has 0 heterocycles. The van der Waals surface area contributed by atoms with E-state index in [1.165, 1.54) is 31.0 Å². The first kappa shape index (κ1) is 10.8. The third-order valence-corrected chi connectivity index (χ3v) is 3.05. The quantitative estimate of drug-likeness (QED) is 0.646. The molecule has 0 aliphatic heterocycles. The Morgan fingerprint density at radius 2 is 2.38 bits per heavy atom. The summed E-state index contributed by atoms with van der Waals surface area (Å²) in [7, 11) is 0. The van der Waals surface area contributed by atoms with E-state index in [4.69, 9.17) is 0 Å². The molecule has 0 bridgehead atoms. The molecule has 2 heteroatoms. The maximum atomic E-state index is 11.5. The van der Waals surface area contributed by atoms with Crippen LogP contribution in [-0.4, -0.2) is 10.4 Å². The van der Waals surface area contributed by atoms with Gasteiger partial charge in [-0.25, -0.2) is 0 Å². The fourth-order valence-electron chi connectivity index (χ4n) is 1.58. The number of carbonyl (C=O) groups excluding carboxylic acids is 1. The minimum absolute atomic E-state index is 0.353. The normalized spacial score (nSPS) is 22.2. The van der Waals surface area contributed by atoms with E-state index in [0.29, 0.717) is 16.3 Å². The summed E-state index contributed by atoms with van der Waals surface area (Å²) in [5.74, 6) is 0.521. The van der Waals surface area contributed by atoms with Crippen LogP contribution in [0.4, 0.5) is 0 Å². The highest BCUT2D eigenvalue weighted by atomic mass is 32.2. The van der Waals surface area contributed by atoms with Gasteiger partial charge in [-0.15, -0.1) is 0 Å². The van der Waals surface area contributed by atoms with Gasteiger partial charge in [-0.2, -0.15) is 0 Å². The van der Waals surface area contributed by atoms with E-state index in [1.54, 1.807) is 0 Å². The van der Waals surface area contributed by atoms with Crippen LogP contribution in [0.25, 0.3) is 0 Å². The largest absolute Gasteiger partial charge is 0.287 e. The van der Waals surface area contributed by atoms with Gasteiger partial charge < -0.3 is 0 Å². The summed E-state index contributed by atoms with van der Waals surface area (Å²) in [5, 5.41) is 0.784. The summed E-state index contributed by atoms with van der Waals surface area (Å²) >= 11 is 1.48. The lowest BCUT2D eigenvalue weighted by Crippen LogP contribution is -2.07. The molecule has 0 spiro atoms. The lowest BCUT2D eigenvalue weighted by Gasteiger charge is -2.15. The standard InChI is InChI=1S/C11H18OS/c1-9(2)13-11(12)8-10-6-4-3-5-7-10/h4,6,9-10H,3,5,7-8H2,1-2H3/t10-/m1/s1. The molecule has 0 N–H and O–H groups in total. The van der Waals surface area contributed by atoms with E-state index in [2.05, 4.69) is 26.0 Å². The molecule has 0 saturated carbocycles. The Morgan fingerprint density at radius 1 is 1.62 bits per heavy atom. The number of thioether (sulfide) groups is 1. The van der Waals surface area contributed by atoms with E-state index < -0.39 is 0 Å². The zero-order valence-corrected chi connectivity index (χ0v) is 9.27. The van der Waals surface area contributed by atoms with Gasteiger partial charge in [0.1, 0.15) is 0 Å². The summed E-state index contributed by atoms with van der Waals surface area (Å²) in [6.07, 6.45) is 8.80. The number of allylic oxidation sites excluding steroid dienone is 2. The smallest absolute Gasteiger partial charge is 0.189 e. The fraction of sp³-hybridized carbons (Fsp3) is 0.727. The molecular formula is C11H18OS. The van der Waals surface area contributed by atoms with Crippen LogP contribution >= 0.6 is 11.8 Å². The molecule has 0 aromatic carbocycles. The van der Waals surface area contributed by atoms with Crippen LogP contribution in [0.1, 0.15) is 39.5 Å². The highest BCUT2D eigenvalue weighted by Crippen LogP contribution is 2.24. The zero-order valence-electron chi connectivity index (χ0n) is 8.45. The number of hydrogen-bond donors (Lipinski definition) is 0. The van der Waals surface area contributed by atoms with Crippen molar-refractivity contribution >= 4 is 16.9 Å². The van der Waals surface area contributed by atoms with Crippen molar-refractivity contribution in [3.05, 3.63) is 12.2 Å². The Labute approximate surface area is 85.0 Å². The second kappa shape index (κ2) is 5.48. The van der Waals surface area contributed by atoms with Gasteiger partial charge in [-0.3, -0.25) is 4.79 Å². The minimum atomic E-state index is 0.353. The lowest BCUT2D eigenvalue weighted by atomic mass is 9.94. The first-order valence-corrected chi connectivity index (χ1v) is 5.92. The summed E-state index contributed by atoms with van der Waals surface area (Å²) < 4.78 is 0. The van der Waals surface area contributed by atoms with Gasteiger partial charge in [0.15, 0.2) is 5.12 Å². The van der Waals surface area contributed by atoms with Crippen LogP contribution in [-0.2, 0) is 4.79 Å². The Bertz CT molecular complexity index is 196. The Balaban J connectivity index is 2.26. The third-order valence-electron chi connectivity index (χ3n) is 2.15. The van der Waals surface area contributed by atoms with E-state index in [1.807, 2.05) is 0 Å². The Kier molecular flexibility index (Phi) is 4.57. The number of carbonyl (C=O) groups is 1. The molecule has 1 aliphatic rings. The van der Waals surface area contributed by atoms with Crippen molar-refractivity contribution in [3.63, 3.8) is 0 Å². The van der Waals surface area contributed by atoms with Gasteiger partial charge >= 0.3 is 0 Å². The molecule has 0 aromatic rings. The molecule has 0 aromatic heterocycles. The lowest BCUT2D eigenvalue weighted by molar-refractivity contribution is -0.111. The fourth-order valence-corrected chi connectivity index (χ4v) is 2.41. The van der Waals surface area contributed by atoms with Crippen molar-refractivity contribution in [1.29, 1.82) is 0 Å². The van der Waals surface area contributed by atoms with E-state index in [0.717, 1.165) is 6.42 Å². The molecule has 0 saturated heterocycles. The second-order valence-electron chi connectivity index (χ2n) is 3.86. The maximum Gasteiger partial charge on any atom is 0.189 e. The maximum absolute atomic E-state index is 11.5. The van der Waals surface area contributed by atoms with E-state index in [9.17, 15) is 4.79 Å². The molecule has 0 amide bonds. The van der Waals surface area contributed by atoms with Gasteiger partial charge in [0.2, 0.25) is 0 Å². The van der Waals surface area contributed by atoms with Crippen molar-refractivity contribution < 1.29 is 4.79 Å². The van der Waals surface area contributed by atoms with Gasteiger partial charge in [0.05, 0.1) is 0 Å². The minimum Gasteiger partial charge on any atom is -0.287 e. The van der Waals surface area contributed by atoms with Gasteiger partial charge in [0.25, 0.3) is 0 Å². The van der Waals surface area contributed by atoms with Crippen LogP contribution in [0.5, 0.6) is 0 Å². The number of hydrogen-bond acceptors (Lipinski definition) is 2. The van der Waals surface area contributed by atoms with Crippen LogP contribution in [0, 0.1) is 5.92 Å². The molecular weight excluding hydrogens is 180 g/mol. The van der Waals surface area contributed by atoms with Crippen molar-refractivity contribution in [2.75, 3.05) is 0 Å². The molecule has 1 atom stereocenters. The van der Waals surface area contributed by atoms with Gasteiger partial charge in [-0.05, 0) is 25.2 Å². The molecule has 1 nitrogen and oxygen atoms in total. The molecule has 0 unspecified atom stereocenters. The molecule has 74 valence electrons. The molecule has 0 fully saturated rings. The first-order chi connectivity index (χ1) is 6.18. The first-order valence-electron chi connectivity index (χ1n) is 5.04. The average molecular weight is 198 g/mol. The van der Waals surface area contributed by atoms with Crippen molar-refractivity contribution in [1.82, 2.24) is 0 Å². The summed E-state index contributed by atoms with van der Waals surface area (Å²) in [5.41, 5.74) is 0. The molecule has 1 rings (SSSR count). The van der Waals surface area contributed by atoms with Gasteiger partial charge in [-0.1, -0.05) is 37.8 Å². The van der Waals surface area contributed by atoms with E-state index >= 15 is 0 Å². The van der Waals surface area contributed by atoms with Crippen molar-refractivity contribution in [3.8, 4) is 0 Å². The predicted molar refractivity (Wildman–Crippen MR) is 58.8 cm³/mol. The highest BCUT2D eigenvalue weighted by molar-refractivity contribution is 8.14. The van der Waals surface area contributed by atoms with Crippen molar-refractivity contribution in [2.45, 2.75) is 44.8 Å². The Hall–Kier alpha value is -0.240. The SMILES string of the molecule is CC(C)SC(=O)C[C@@H]1C=CCCC1. The summed E-state index contributed by atoms with van der Waals surface area (Å²) in [4.78, 5) is 11.5. The van der Waals surface area contributed by atoms with Crippen LogP contribution < -0.4 is 0 Å². The third kappa shape index (κ3) is 4.51. The van der Waals surface area contributed by atoms with Crippen molar-refractivity contribution in [2.24, 2.45) is 5.92 Å². The van der Waals surface area contributed by atoms with Gasteiger partial charge in [0, 0.05) is 11.7 Å². The molecule has 1 aliphatic carbocycles. The summed E-state index contributed by atoms with van der Waals surface area (Å²) in [6, 6.07) is 0. The average Bonchev–Trinajstić information content (AvgIpc) is 2.04. The monoisotopic (exact) mass is 198 g/mol. The van der Waals surface area contributed by atoms with Crippen LogP contribution in [0.15, 0.2) is 12.2 Å². The topological polar surface area (TPSA) is 17.1 Å². The molecule has 13 heavy (non-hydrogen) atoms. The zero-order chi connectivity index (χ0) is 9.68. The van der Waals surface area contributed by atoms with E-state index in [-0.39, 0.29) is 0 Å². The van der Waals surface area contributed by atoms with Crippen LogP contribution in [0.2, 0.25) is 0 Å². The van der Waals surface area contributed by atoms with Crippen LogP contribution in [0.3, 0.4) is 0 Å². The number of rotatable bonds is 3. The summed E-state index contributed by atoms with van der Waals surface area (Å²) in [6.45, 7) is 4.14. The molecule has 0 radical (unpaired) electrons.